The minimum Gasteiger partial charge on any atom is -0.494 e. The van der Waals surface area contributed by atoms with E-state index in [1.165, 1.54) is 17.7 Å². The predicted octanol–water partition coefficient (Wildman–Crippen LogP) is 2.53. The molecule has 7 heteroatoms. The second kappa shape index (κ2) is 3.64. The van der Waals surface area contributed by atoms with E-state index >= 15 is 0 Å². The zero-order chi connectivity index (χ0) is 10.1. The molecule has 4 nitrogen and oxygen atoms in total. The van der Waals surface area contributed by atoms with Gasteiger partial charge in [0, 0.05) is 0 Å². The van der Waals surface area contributed by atoms with Gasteiger partial charge in [0.25, 0.3) is 0 Å². The van der Waals surface area contributed by atoms with Gasteiger partial charge in [-0.25, -0.2) is 9.98 Å². The van der Waals surface area contributed by atoms with Gasteiger partial charge in [0.05, 0.1) is 4.88 Å². The first-order valence-corrected chi connectivity index (χ1v) is 5.17. The number of aromatic nitrogens is 1. The SMILES string of the molecule is Oc1[nH]c(=S)sc1C=C1N=CN=C1Cl. The number of nitrogens with one attached hydrogen (secondary N) is 1. The highest BCUT2D eigenvalue weighted by Crippen LogP contribution is 2.25. The molecule has 1 aliphatic heterocycles. The minimum atomic E-state index is 0.0269. The number of aliphatic imine (C=N–C) groups is 2. The van der Waals surface area contributed by atoms with Crippen LogP contribution in [0, 0.1) is 3.95 Å². The number of aromatic amines is 1. The number of allylic oxidation sites excluding steroid dienone is 1. The van der Waals surface area contributed by atoms with Gasteiger partial charge in [0.15, 0.2) is 9.13 Å². The van der Waals surface area contributed by atoms with Crippen LogP contribution < -0.4 is 0 Å². The van der Waals surface area contributed by atoms with Crippen LogP contribution in [0.2, 0.25) is 0 Å². The summed E-state index contributed by atoms with van der Waals surface area (Å²) in [6.07, 6.45) is 2.98. The Labute approximate surface area is 93.3 Å². The van der Waals surface area contributed by atoms with Crippen LogP contribution in [-0.4, -0.2) is 21.6 Å². The maximum atomic E-state index is 9.39. The van der Waals surface area contributed by atoms with Crippen LogP contribution in [0.3, 0.4) is 0 Å². The molecule has 0 saturated heterocycles. The van der Waals surface area contributed by atoms with E-state index in [4.69, 9.17) is 23.8 Å². The standard InChI is InChI=1S/C7H4ClN3OS2/c8-5-3(9-2-10-5)1-4-6(12)11-7(13)14-4/h1-2,12H,(H,11,13). The molecule has 2 rings (SSSR count). The van der Waals surface area contributed by atoms with E-state index in [1.807, 2.05) is 0 Å². The third-order valence-corrected chi connectivity index (χ3v) is 2.97. The summed E-state index contributed by atoms with van der Waals surface area (Å²) >= 11 is 11.8. The molecule has 2 N–H and O–H groups in total. The molecular formula is C7H4ClN3OS2. The highest BCUT2D eigenvalue weighted by molar-refractivity contribution is 7.73. The van der Waals surface area contributed by atoms with Crippen LogP contribution in [-0.2, 0) is 0 Å². The van der Waals surface area contributed by atoms with Gasteiger partial charge in [-0.05, 0) is 18.3 Å². The van der Waals surface area contributed by atoms with Crippen LogP contribution in [0.1, 0.15) is 4.88 Å². The molecule has 1 aliphatic rings. The van der Waals surface area contributed by atoms with Crippen molar-refractivity contribution in [3.63, 3.8) is 0 Å². The van der Waals surface area contributed by atoms with Crippen molar-refractivity contribution in [2.24, 2.45) is 9.98 Å². The molecule has 0 bridgehead atoms. The van der Waals surface area contributed by atoms with Gasteiger partial charge < -0.3 is 10.1 Å². The quantitative estimate of drug-likeness (QED) is 0.747. The number of thiazole rings is 1. The van der Waals surface area contributed by atoms with Crippen molar-refractivity contribution in [3.8, 4) is 5.88 Å². The number of halogens is 1. The first-order valence-electron chi connectivity index (χ1n) is 3.57. The van der Waals surface area contributed by atoms with E-state index in [0.717, 1.165) is 0 Å². The average molecular weight is 246 g/mol. The summed E-state index contributed by atoms with van der Waals surface area (Å²) < 4.78 is 0.504. The largest absolute Gasteiger partial charge is 0.494 e. The first kappa shape index (κ1) is 9.57. The Morgan fingerprint density at radius 2 is 2.43 bits per heavy atom. The Hall–Kier alpha value is -0.980. The summed E-state index contributed by atoms with van der Waals surface area (Å²) in [6, 6.07) is 0. The maximum Gasteiger partial charge on any atom is 0.207 e. The number of hydrogen-bond donors (Lipinski definition) is 2. The lowest BCUT2D eigenvalue weighted by Crippen LogP contribution is -1.83. The number of hydrogen-bond acceptors (Lipinski definition) is 5. The normalized spacial score (nSPS) is 17.8. The molecule has 2 heterocycles. The second-order valence-electron chi connectivity index (χ2n) is 2.42. The topological polar surface area (TPSA) is 60.7 Å². The van der Waals surface area contributed by atoms with Crippen LogP contribution in [0.5, 0.6) is 5.88 Å². The lowest BCUT2D eigenvalue weighted by molar-refractivity contribution is 0.456. The van der Waals surface area contributed by atoms with Gasteiger partial charge in [0.2, 0.25) is 5.88 Å². The molecule has 0 amide bonds. The lowest BCUT2D eigenvalue weighted by atomic mass is 10.4. The highest BCUT2D eigenvalue weighted by atomic mass is 35.5. The van der Waals surface area contributed by atoms with Crippen molar-refractivity contribution in [3.05, 3.63) is 14.5 Å². The van der Waals surface area contributed by atoms with Crippen LogP contribution in [0.4, 0.5) is 0 Å². The van der Waals surface area contributed by atoms with Crippen LogP contribution in [0.15, 0.2) is 15.7 Å². The molecule has 0 aliphatic carbocycles. The van der Waals surface area contributed by atoms with Gasteiger partial charge in [-0.15, -0.1) is 11.3 Å². The summed E-state index contributed by atoms with van der Waals surface area (Å²) in [6.45, 7) is 0. The van der Waals surface area contributed by atoms with Gasteiger partial charge in [0.1, 0.15) is 12.0 Å². The van der Waals surface area contributed by atoms with Crippen LogP contribution in [0.25, 0.3) is 6.08 Å². The summed E-state index contributed by atoms with van der Waals surface area (Å²) in [5.41, 5.74) is 0.521. The Balaban J connectivity index is 2.43. The molecule has 72 valence electrons. The average Bonchev–Trinajstić information content (AvgIpc) is 2.62. The monoisotopic (exact) mass is 245 g/mol. The number of aromatic hydroxyl groups is 1. The fourth-order valence-corrected chi connectivity index (χ4v) is 2.09. The first-order chi connectivity index (χ1) is 6.66. The number of H-pyrrole nitrogens is 1. The Kier molecular flexibility index (Phi) is 2.49. The molecule has 0 unspecified atom stereocenters. The summed E-state index contributed by atoms with van der Waals surface area (Å²) in [5.74, 6) is 0.0269. The fourth-order valence-electron chi connectivity index (χ4n) is 0.912. The second-order valence-corrected chi connectivity index (χ2v) is 4.50. The van der Waals surface area contributed by atoms with E-state index in [1.54, 1.807) is 6.08 Å². The van der Waals surface area contributed by atoms with Crippen molar-refractivity contribution in [2.45, 2.75) is 0 Å². The smallest absolute Gasteiger partial charge is 0.207 e. The van der Waals surface area contributed by atoms with E-state index in [-0.39, 0.29) is 5.88 Å². The molecule has 0 radical (unpaired) electrons. The third kappa shape index (κ3) is 1.77. The van der Waals surface area contributed by atoms with Gasteiger partial charge in [-0.2, -0.15) is 0 Å². The Morgan fingerprint density at radius 3 is 2.93 bits per heavy atom. The molecule has 14 heavy (non-hydrogen) atoms. The van der Waals surface area contributed by atoms with E-state index in [9.17, 15) is 5.11 Å². The van der Waals surface area contributed by atoms with Crippen molar-refractivity contribution < 1.29 is 5.11 Å². The van der Waals surface area contributed by atoms with Gasteiger partial charge >= 0.3 is 0 Å². The fraction of sp³-hybridized carbons (Fsp3) is 0. The number of rotatable bonds is 1. The zero-order valence-corrected chi connectivity index (χ0v) is 9.08. The van der Waals surface area contributed by atoms with E-state index in [2.05, 4.69) is 15.0 Å². The third-order valence-electron chi connectivity index (χ3n) is 1.50. The highest BCUT2D eigenvalue weighted by Gasteiger charge is 2.09. The maximum absolute atomic E-state index is 9.39. The van der Waals surface area contributed by atoms with Crippen molar-refractivity contribution in [2.75, 3.05) is 0 Å². The summed E-state index contributed by atoms with van der Waals surface area (Å²) in [4.78, 5) is 10.9. The molecule has 0 atom stereocenters. The Morgan fingerprint density at radius 1 is 1.64 bits per heavy atom. The molecule has 0 fully saturated rings. The molecule has 0 spiro atoms. The predicted molar refractivity (Wildman–Crippen MR) is 60.9 cm³/mol. The van der Waals surface area contributed by atoms with E-state index in [0.29, 0.717) is 19.7 Å². The summed E-state index contributed by atoms with van der Waals surface area (Å²) in [7, 11) is 0. The molecular weight excluding hydrogens is 242 g/mol. The van der Waals surface area contributed by atoms with Gasteiger partial charge in [-0.3, -0.25) is 0 Å². The van der Waals surface area contributed by atoms with Crippen molar-refractivity contribution >= 4 is 52.7 Å². The lowest BCUT2D eigenvalue weighted by Gasteiger charge is -1.91. The van der Waals surface area contributed by atoms with E-state index < -0.39 is 0 Å². The van der Waals surface area contributed by atoms with Crippen LogP contribution >= 0.6 is 35.2 Å². The van der Waals surface area contributed by atoms with Gasteiger partial charge in [-0.1, -0.05) is 11.6 Å². The zero-order valence-electron chi connectivity index (χ0n) is 6.69. The van der Waals surface area contributed by atoms with Crippen molar-refractivity contribution in [1.82, 2.24) is 4.98 Å². The molecule has 1 aromatic heterocycles. The molecule has 0 aromatic carbocycles. The Bertz CT molecular complexity index is 511. The number of nitrogens with zero attached hydrogens (tertiary/aromatic N) is 2. The van der Waals surface area contributed by atoms with Crippen molar-refractivity contribution in [1.29, 1.82) is 0 Å². The molecule has 0 saturated carbocycles. The molecule has 1 aromatic rings. The minimum absolute atomic E-state index is 0.0269. The summed E-state index contributed by atoms with van der Waals surface area (Å²) in [5, 5.41) is 9.70.